The summed E-state index contributed by atoms with van der Waals surface area (Å²) in [6.07, 6.45) is 5.32. The van der Waals surface area contributed by atoms with Gasteiger partial charge in [0.15, 0.2) is 0 Å². The number of benzene rings is 2. The molecule has 0 spiro atoms. The van der Waals surface area contributed by atoms with E-state index in [-0.39, 0.29) is 11.9 Å². The van der Waals surface area contributed by atoms with Crippen LogP contribution in [-0.4, -0.2) is 34.2 Å². The van der Waals surface area contributed by atoms with E-state index in [4.69, 9.17) is 16.3 Å². The molecule has 0 radical (unpaired) electrons. The van der Waals surface area contributed by atoms with E-state index < -0.39 is 0 Å². The van der Waals surface area contributed by atoms with Crippen molar-refractivity contribution in [2.24, 2.45) is 0 Å². The molecule has 0 saturated carbocycles. The van der Waals surface area contributed by atoms with Crippen LogP contribution in [0.4, 0.5) is 0 Å². The maximum atomic E-state index is 13.3. The number of fused-ring (bicyclic) bond motifs is 1. The van der Waals surface area contributed by atoms with Crippen LogP contribution in [0.1, 0.15) is 73.6 Å². The molecule has 0 bridgehead atoms. The molecule has 1 aromatic heterocycles. The number of halogens is 1. The van der Waals surface area contributed by atoms with Crippen molar-refractivity contribution in [1.82, 2.24) is 15.1 Å². The number of nitrogens with one attached hydrogen (secondary N) is 1. The number of H-pyrrole nitrogens is 1. The summed E-state index contributed by atoms with van der Waals surface area (Å²) >= 11 is 6.09. The molecular weight excluding hydrogens is 422 g/mol. The van der Waals surface area contributed by atoms with Crippen molar-refractivity contribution in [2.75, 3.05) is 13.2 Å². The molecule has 0 fully saturated rings. The lowest BCUT2D eigenvalue weighted by Gasteiger charge is -2.26. The van der Waals surface area contributed by atoms with Crippen molar-refractivity contribution in [3.05, 3.63) is 70.4 Å². The Hall–Kier alpha value is -2.79. The normalized spacial score (nSPS) is 15.3. The van der Waals surface area contributed by atoms with Gasteiger partial charge in [-0.2, -0.15) is 5.10 Å². The van der Waals surface area contributed by atoms with Gasteiger partial charge in [0.1, 0.15) is 11.4 Å². The fourth-order valence-electron chi connectivity index (χ4n) is 4.21. The number of aromatic nitrogens is 2. The molecule has 1 amide bonds. The third-order valence-corrected chi connectivity index (χ3v) is 6.20. The largest absolute Gasteiger partial charge is 0.494 e. The lowest BCUT2D eigenvalue weighted by atomic mass is 9.96. The van der Waals surface area contributed by atoms with Crippen molar-refractivity contribution in [2.45, 2.75) is 52.0 Å². The highest BCUT2D eigenvalue weighted by molar-refractivity contribution is 6.30. The van der Waals surface area contributed by atoms with Gasteiger partial charge in [0.05, 0.1) is 18.3 Å². The SMILES string of the molecule is CCCCCN1C(=O)c2[nH]nc(-c3ccc(Cl)cc3)c2C1c1ccc(OCCCC)cc1. The maximum absolute atomic E-state index is 13.3. The first-order valence-corrected chi connectivity index (χ1v) is 11.9. The Bertz CT molecular complexity index is 1040. The number of amides is 1. The molecule has 1 N–H and O–H groups in total. The van der Waals surface area contributed by atoms with E-state index in [0.717, 1.165) is 60.2 Å². The average molecular weight is 452 g/mol. The number of hydrogen-bond acceptors (Lipinski definition) is 3. The molecule has 1 atom stereocenters. The fraction of sp³-hybridized carbons (Fsp3) is 0.385. The van der Waals surface area contributed by atoms with E-state index >= 15 is 0 Å². The van der Waals surface area contributed by atoms with Crippen molar-refractivity contribution in [3.8, 4) is 17.0 Å². The quantitative estimate of drug-likeness (QED) is 0.351. The molecule has 6 heteroatoms. The second-order valence-corrected chi connectivity index (χ2v) is 8.68. The molecule has 168 valence electrons. The van der Waals surface area contributed by atoms with Gasteiger partial charge in [-0.25, -0.2) is 0 Å². The fourth-order valence-corrected chi connectivity index (χ4v) is 4.34. The Morgan fingerprint density at radius 2 is 1.72 bits per heavy atom. The number of aromatic amines is 1. The minimum Gasteiger partial charge on any atom is -0.494 e. The van der Waals surface area contributed by atoms with Crippen LogP contribution in [0.3, 0.4) is 0 Å². The van der Waals surface area contributed by atoms with Gasteiger partial charge >= 0.3 is 0 Å². The molecule has 5 nitrogen and oxygen atoms in total. The highest BCUT2D eigenvalue weighted by Gasteiger charge is 2.41. The predicted molar refractivity (Wildman–Crippen MR) is 128 cm³/mol. The van der Waals surface area contributed by atoms with Gasteiger partial charge in [0.2, 0.25) is 0 Å². The third kappa shape index (κ3) is 4.53. The molecule has 3 aromatic rings. The molecule has 2 heterocycles. The highest BCUT2D eigenvalue weighted by Crippen LogP contribution is 2.43. The minimum absolute atomic E-state index is 0.0112. The topological polar surface area (TPSA) is 58.2 Å². The Balaban J connectivity index is 1.70. The van der Waals surface area contributed by atoms with Crippen LogP contribution in [0.5, 0.6) is 5.75 Å². The van der Waals surface area contributed by atoms with E-state index in [1.54, 1.807) is 0 Å². The summed E-state index contributed by atoms with van der Waals surface area (Å²) in [5.41, 5.74) is 4.33. The number of nitrogens with zero attached hydrogens (tertiary/aromatic N) is 2. The van der Waals surface area contributed by atoms with Gasteiger partial charge in [0, 0.05) is 22.7 Å². The van der Waals surface area contributed by atoms with Crippen molar-refractivity contribution in [1.29, 1.82) is 0 Å². The monoisotopic (exact) mass is 451 g/mol. The first-order valence-electron chi connectivity index (χ1n) is 11.5. The zero-order valence-corrected chi connectivity index (χ0v) is 19.5. The molecule has 1 aliphatic heterocycles. The summed E-state index contributed by atoms with van der Waals surface area (Å²) in [5, 5.41) is 8.21. The van der Waals surface area contributed by atoms with E-state index in [0.29, 0.717) is 23.9 Å². The van der Waals surface area contributed by atoms with Crippen molar-refractivity contribution >= 4 is 17.5 Å². The van der Waals surface area contributed by atoms with Gasteiger partial charge in [0.25, 0.3) is 5.91 Å². The van der Waals surface area contributed by atoms with Crippen LogP contribution in [0.2, 0.25) is 5.02 Å². The first-order chi connectivity index (χ1) is 15.6. The van der Waals surface area contributed by atoms with Crippen LogP contribution in [0, 0.1) is 0 Å². The van der Waals surface area contributed by atoms with E-state index in [2.05, 4.69) is 36.2 Å². The van der Waals surface area contributed by atoms with Gasteiger partial charge in [-0.15, -0.1) is 0 Å². The zero-order chi connectivity index (χ0) is 22.5. The Morgan fingerprint density at radius 1 is 1.00 bits per heavy atom. The van der Waals surface area contributed by atoms with E-state index in [9.17, 15) is 4.79 Å². The lowest BCUT2D eigenvalue weighted by molar-refractivity contribution is 0.0740. The van der Waals surface area contributed by atoms with Gasteiger partial charge in [-0.1, -0.05) is 69.0 Å². The molecular formula is C26H30ClN3O2. The second-order valence-electron chi connectivity index (χ2n) is 8.25. The molecule has 1 unspecified atom stereocenters. The van der Waals surface area contributed by atoms with E-state index in [1.807, 2.05) is 41.3 Å². The smallest absolute Gasteiger partial charge is 0.273 e. The standard InChI is InChI=1S/C26H30ClN3O2/c1-3-5-7-16-30-25(19-10-14-21(15-11-19)32-17-6-4-2)22-23(28-29-24(22)26(30)31)18-8-12-20(27)13-9-18/h8-15,25H,3-7,16-17H2,1-2H3,(H,28,29). The second kappa shape index (κ2) is 10.2. The number of carbonyl (C=O) groups excluding carboxylic acids is 1. The summed E-state index contributed by atoms with van der Waals surface area (Å²) in [4.78, 5) is 15.3. The number of carbonyl (C=O) groups is 1. The first kappa shape index (κ1) is 22.4. The summed E-state index contributed by atoms with van der Waals surface area (Å²) in [6.45, 7) is 5.76. The van der Waals surface area contributed by atoms with Crippen LogP contribution in [0.25, 0.3) is 11.3 Å². The lowest BCUT2D eigenvalue weighted by Crippen LogP contribution is -2.30. The van der Waals surface area contributed by atoms with E-state index in [1.165, 1.54) is 0 Å². The summed E-state index contributed by atoms with van der Waals surface area (Å²) in [5.74, 6) is 0.867. The van der Waals surface area contributed by atoms with Crippen molar-refractivity contribution < 1.29 is 9.53 Å². The number of unbranched alkanes of at least 4 members (excludes halogenated alkanes) is 3. The summed E-state index contributed by atoms with van der Waals surface area (Å²) in [7, 11) is 0. The molecule has 2 aromatic carbocycles. The maximum Gasteiger partial charge on any atom is 0.273 e. The molecule has 0 aliphatic carbocycles. The number of hydrogen-bond donors (Lipinski definition) is 1. The predicted octanol–water partition coefficient (Wildman–Crippen LogP) is 6.64. The Morgan fingerprint density at radius 3 is 2.41 bits per heavy atom. The Labute approximate surface area is 194 Å². The van der Waals surface area contributed by atoms with Gasteiger partial charge in [-0.3, -0.25) is 9.89 Å². The van der Waals surface area contributed by atoms with Crippen LogP contribution < -0.4 is 4.74 Å². The average Bonchev–Trinajstić information content (AvgIpc) is 3.35. The molecule has 32 heavy (non-hydrogen) atoms. The van der Waals surface area contributed by atoms with Crippen LogP contribution >= 0.6 is 11.6 Å². The summed E-state index contributed by atoms with van der Waals surface area (Å²) in [6, 6.07) is 15.6. The molecule has 1 aliphatic rings. The number of rotatable bonds is 10. The van der Waals surface area contributed by atoms with Gasteiger partial charge < -0.3 is 9.64 Å². The highest BCUT2D eigenvalue weighted by atomic mass is 35.5. The van der Waals surface area contributed by atoms with Crippen LogP contribution in [0.15, 0.2) is 48.5 Å². The molecule has 0 saturated heterocycles. The third-order valence-electron chi connectivity index (χ3n) is 5.95. The summed E-state index contributed by atoms with van der Waals surface area (Å²) < 4.78 is 5.84. The molecule has 4 rings (SSSR count). The zero-order valence-electron chi connectivity index (χ0n) is 18.7. The Kier molecular flexibility index (Phi) is 7.15. The van der Waals surface area contributed by atoms with Gasteiger partial charge in [-0.05, 0) is 42.7 Å². The van der Waals surface area contributed by atoms with Crippen molar-refractivity contribution in [3.63, 3.8) is 0 Å². The minimum atomic E-state index is -0.177. The van der Waals surface area contributed by atoms with Crippen LogP contribution in [-0.2, 0) is 0 Å². The number of ether oxygens (including phenoxy) is 1.